The van der Waals surface area contributed by atoms with Gasteiger partial charge in [0.2, 0.25) is 11.9 Å². The highest BCUT2D eigenvalue weighted by Crippen LogP contribution is 2.18. The molecule has 2 N–H and O–H groups in total. The number of amides is 1. The fourth-order valence-corrected chi connectivity index (χ4v) is 2.03. The van der Waals surface area contributed by atoms with Crippen molar-refractivity contribution >= 4 is 28.3 Å². The number of nitrogens with zero attached hydrogens (tertiary/aromatic N) is 3. The molecule has 0 fully saturated rings. The van der Waals surface area contributed by atoms with Crippen LogP contribution in [0.2, 0.25) is 0 Å². The van der Waals surface area contributed by atoms with E-state index in [0.29, 0.717) is 24.0 Å². The molecule has 7 heteroatoms. The molecule has 18 heavy (non-hydrogen) atoms. The van der Waals surface area contributed by atoms with Crippen LogP contribution in [0.4, 0.5) is 11.1 Å². The number of hydrogen-bond acceptors (Lipinski definition) is 6. The number of aromatic nitrogens is 3. The van der Waals surface area contributed by atoms with Crippen molar-refractivity contribution in [3.05, 3.63) is 29.5 Å². The normalized spacial score (nSPS) is 10.1. The average Bonchev–Trinajstić information content (AvgIpc) is 2.78. The van der Waals surface area contributed by atoms with Crippen LogP contribution in [0.5, 0.6) is 0 Å². The van der Waals surface area contributed by atoms with Gasteiger partial charge in [0.05, 0.1) is 12.1 Å². The molecule has 94 valence electrons. The molecule has 2 heterocycles. The molecule has 0 aliphatic heterocycles. The highest BCUT2D eigenvalue weighted by molar-refractivity contribution is 7.13. The Morgan fingerprint density at radius 1 is 1.39 bits per heavy atom. The maximum atomic E-state index is 11.4. The second kappa shape index (κ2) is 6.06. The third-order valence-electron chi connectivity index (χ3n) is 2.05. The van der Waals surface area contributed by atoms with Crippen molar-refractivity contribution in [3.8, 4) is 0 Å². The molecule has 2 aromatic rings. The molecule has 2 rings (SSSR count). The van der Waals surface area contributed by atoms with Gasteiger partial charge in [0.25, 0.3) is 0 Å². The van der Waals surface area contributed by atoms with Crippen molar-refractivity contribution in [3.63, 3.8) is 0 Å². The molecule has 0 aliphatic rings. The minimum atomic E-state index is -0.0229. The Kier molecular flexibility index (Phi) is 4.19. The second-order valence-corrected chi connectivity index (χ2v) is 4.33. The molecule has 0 aromatic carbocycles. The maximum Gasteiger partial charge on any atom is 0.228 e. The predicted octanol–water partition coefficient (Wildman–Crippen LogP) is 1.36. The minimum Gasteiger partial charge on any atom is -0.356 e. The molecule has 0 radical (unpaired) electrons. The van der Waals surface area contributed by atoms with Gasteiger partial charge in [-0.25, -0.2) is 15.0 Å². The molecule has 0 unspecified atom stereocenters. The summed E-state index contributed by atoms with van der Waals surface area (Å²) in [7, 11) is 0. The summed E-state index contributed by atoms with van der Waals surface area (Å²) in [6.07, 6.45) is 3.60. The van der Waals surface area contributed by atoms with Gasteiger partial charge >= 0.3 is 0 Å². The summed E-state index contributed by atoms with van der Waals surface area (Å²) in [5, 5.41) is 8.25. The zero-order valence-electron chi connectivity index (χ0n) is 9.88. The number of likely N-dealkylation sites (N-methyl/N-ethyl adjacent to an activating group) is 1. The van der Waals surface area contributed by atoms with Gasteiger partial charge in [-0.15, -0.1) is 11.3 Å². The summed E-state index contributed by atoms with van der Waals surface area (Å²) in [6, 6.07) is 1.74. The molecule has 0 bridgehead atoms. The minimum absolute atomic E-state index is 0.0229. The Morgan fingerprint density at radius 3 is 2.89 bits per heavy atom. The highest BCUT2D eigenvalue weighted by Gasteiger charge is 2.07. The van der Waals surface area contributed by atoms with E-state index in [1.807, 2.05) is 12.3 Å². The monoisotopic (exact) mass is 263 g/mol. The van der Waals surface area contributed by atoms with Gasteiger partial charge in [0.1, 0.15) is 0 Å². The lowest BCUT2D eigenvalue weighted by atomic mass is 10.3. The fourth-order valence-electron chi connectivity index (χ4n) is 1.33. The molecule has 0 aliphatic carbocycles. The first-order chi connectivity index (χ1) is 8.78. The van der Waals surface area contributed by atoms with Crippen molar-refractivity contribution in [1.82, 2.24) is 20.3 Å². The summed E-state index contributed by atoms with van der Waals surface area (Å²) < 4.78 is 0. The van der Waals surface area contributed by atoms with E-state index in [1.54, 1.807) is 18.5 Å². The lowest BCUT2D eigenvalue weighted by molar-refractivity contribution is -0.120. The Morgan fingerprint density at radius 2 is 2.17 bits per heavy atom. The molecular formula is C11H13N5OS. The first kappa shape index (κ1) is 12.4. The zero-order chi connectivity index (χ0) is 12.8. The fraction of sp³-hybridized carbons (Fsp3) is 0.273. The molecule has 0 atom stereocenters. The molecule has 0 saturated carbocycles. The Bertz CT molecular complexity index is 513. The van der Waals surface area contributed by atoms with E-state index < -0.39 is 0 Å². The maximum absolute atomic E-state index is 11.4. The van der Waals surface area contributed by atoms with Crippen LogP contribution in [0.3, 0.4) is 0 Å². The van der Waals surface area contributed by atoms with Crippen molar-refractivity contribution in [2.75, 3.05) is 11.9 Å². The van der Waals surface area contributed by atoms with Gasteiger partial charge in [-0.1, -0.05) is 0 Å². The summed E-state index contributed by atoms with van der Waals surface area (Å²) in [5.41, 5.74) is 0.740. The van der Waals surface area contributed by atoms with Gasteiger partial charge in [-0.05, 0) is 13.0 Å². The summed E-state index contributed by atoms with van der Waals surface area (Å²) >= 11 is 1.42. The molecule has 0 spiro atoms. The van der Waals surface area contributed by atoms with Gasteiger partial charge in [-0.3, -0.25) is 4.79 Å². The smallest absolute Gasteiger partial charge is 0.228 e. The van der Waals surface area contributed by atoms with Crippen molar-refractivity contribution in [1.29, 1.82) is 0 Å². The Balaban J connectivity index is 1.96. The first-order valence-corrected chi connectivity index (χ1v) is 6.41. The third-order valence-corrected chi connectivity index (χ3v) is 2.86. The number of hydrogen-bond donors (Lipinski definition) is 2. The molecule has 0 saturated heterocycles. The quantitative estimate of drug-likeness (QED) is 0.851. The number of anilines is 2. The van der Waals surface area contributed by atoms with Crippen LogP contribution in [0, 0.1) is 0 Å². The number of rotatable bonds is 5. The summed E-state index contributed by atoms with van der Waals surface area (Å²) in [5.74, 6) is 0.474. The van der Waals surface area contributed by atoms with Crippen molar-refractivity contribution in [2.24, 2.45) is 0 Å². The SMILES string of the molecule is CCNC(=O)Cc1csc(Nc2ncccn2)n1. The van der Waals surface area contributed by atoms with Crippen LogP contribution in [-0.2, 0) is 11.2 Å². The van der Waals surface area contributed by atoms with E-state index in [2.05, 4.69) is 25.6 Å². The number of thiazole rings is 1. The molecule has 1 amide bonds. The van der Waals surface area contributed by atoms with Crippen LogP contribution >= 0.6 is 11.3 Å². The largest absolute Gasteiger partial charge is 0.356 e. The van der Waals surface area contributed by atoms with Gasteiger partial charge in [-0.2, -0.15) is 0 Å². The van der Waals surface area contributed by atoms with E-state index in [4.69, 9.17) is 0 Å². The van der Waals surface area contributed by atoms with Gasteiger partial charge in [0.15, 0.2) is 5.13 Å². The third kappa shape index (κ3) is 3.49. The van der Waals surface area contributed by atoms with Crippen LogP contribution in [0.25, 0.3) is 0 Å². The van der Waals surface area contributed by atoms with E-state index in [9.17, 15) is 4.79 Å². The standard InChI is InChI=1S/C11H13N5OS/c1-2-12-9(17)6-8-7-18-11(15-8)16-10-13-4-3-5-14-10/h3-5,7H,2,6H2,1H3,(H,12,17)(H,13,14,15,16). The van der Waals surface area contributed by atoms with Crippen LogP contribution in [0.15, 0.2) is 23.8 Å². The molecular weight excluding hydrogens is 250 g/mol. The first-order valence-electron chi connectivity index (χ1n) is 5.53. The van der Waals surface area contributed by atoms with Gasteiger partial charge < -0.3 is 10.6 Å². The van der Waals surface area contributed by atoms with E-state index in [1.165, 1.54) is 11.3 Å². The lowest BCUT2D eigenvalue weighted by Gasteiger charge is -1.99. The van der Waals surface area contributed by atoms with Crippen molar-refractivity contribution in [2.45, 2.75) is 13.3 Å². The summed E-state index contributed by atoms with van der Waals surface area (Å²) in [6.45, 7) is 2.52. The van der Waals surface area contributed by atoms with Crippen LogP contribution in [-0.4, -0.2) is 27.4 Å². The second-order valence-electron chi connectivity index (χ2n) is 3.47. The Labute approximate surface area is 109 Å². The molecule has 6 nitrogen and oxygen atoms in total. The Hall–Kier alpha value is -2.02. The predicted molar refractivity (Wildman–Crippen MR) is 69.8 cm³/mol. The highest BCUT2D eigenvalue weighted by atomic mass is 32.1. The summed E-state index contributed by atoms with van der Waals surface area (Å²) in [4.78, 5) is 23.8. The number of carbonyl (C=O) groups excluding carboxylic acids is 1. The topological polar surface area (TPSA) is 79.8 Å². The molecule has 2 aromatic heterocycles. The number of nitrogens with one attached hydrogen (secondary N) is 2. The average molecular weight is 263 g/mol. The van der Waals surface area contributed by atoms with Crippen molar-refractivity contribution < 1.29 is 4.79 Å². The lowest BCUT2D eigenvalue weighted by Crippen LogP contribution is -2.24. The number of carbonyl (C=O) groups is 1. The van der Waals surface area contributed by atoms with Crippen LogP contribution in [0.1, 0.15) is 12.6 Å². The van der Waals surface area contributed by atoms with E-state index >= 15 is 0 Å². The van der Waals surface area contributed by atoms with Crippen LogP contribution < -0.4 is 10.6 Å². The van der Waals surface area contributed by atoms with Gasteiger partial charge in [0, 0.05) is 24.3 Å². The van der Waals surface area contributed by atoms with E-state index in [-0.39, 0.29) is 5.91 Å². The zero-order valence-corrected chi connectivity index (χ0v) is 10.7. The van der Waals surface area contributed by atoms with E-state index in [0.717, 1.165) is 5.69 Å².